The summed E-state index contributed by atoms with van der Waals surface area (Å²) in [5.41, 5.74) is 2.73. The molecule has 132 valence electrons. The van der Waals surface area contributed by atoms with Gasteiger partial charge in [-0.3, -0.25) is 4.79 Å². The average Bonchev–Trinajstić information content (AvgIpc) is 3.21. The molecule has 3 nitrogen and oxygen atoms in total. The van der Waals surface area contributed by atoms with Crippen LogP contribution in [0.4, 0.5) is 0 Å². The molecule has 4 heteroatoms. The quantitative estimate of drug-likeness (QED) is 0.754. The Morgan fingerprint density at radius 2 is 2.12 bits per heavy atom. The lowest BCUT2D eigenvalue weighted by Crippen LogP contribution is -2.36. The Labute approximate surface area is 154 Å². The highest BCUT2D eigenvalue weighted by molar-refractivity contribution is 6.24. The minimum absolute atomic E-state index is 0.0222. The van der Waals surface area contributed by atoms with E-state index in [1.807, 2.05) is 18.2 Å². The van der Waals surface area contributed by atoms with E-state index in [2.05, 4.69) is 35.2 Å². The van der Waals surface area contributed by atoms with Crippen LogP contribution in [0.3, 0.4) is 0 Å². The SMILES string of the molecule is COC1(Cl)C=CC=CC1CC1CCN(C2CCc3ccccc32)C1=O. The van der Waals surface area contributed by atoms with E-state index in [4.69, 9.17) is 16.3 Å². The maximum atomic E-state index is 13.1. The number of halogens is 1. The molecule has 1 aromatic carbocycles. The number of amides is 1. The molecule has 1 aromatic rings. The lowest BCUT2D eigenvalue weighted by Gasteiger charge is -2.33. The molecule has 0 spiro atoms. The molecule has 0 N–H and O–H groups in total. The number of benzene rings is 1. The first-order valence-electron chi connectivity index (χ1n) is 9.11. The van der Waals surface area contributed by atoms with Crippen molar-refractivity contribution in [2.24, 2.45) is 11.8 Å². The molecular formula is C21H24ClNO2. The summed E-state index contributed by atoms with van der Waals surface area (Å²) in [4.78, 5) is 15.2. The first-order valence-corrected chi connectivity index (χ1v) is 9.48. The number of likely N-dealkylation sites (tertiary alicyclic amines) is 1. The maximum absolute atomic E-state index is 13.1. The number of nitrogens with zero attached hydrogens (tertiary/aromatic N) is 1. The average molecular weight is 358 g/mol. The van der Waals surface area contributed by atoms with E-state index in [1.54, 1.807) is 7.11 Å². The summed E-state index contributed by atoms with van der Waals surface area (Å²) in [5, 5.41) is -0.831. The fourth-order valence-corrected chi connectivity index (χ4v) is 4.79. The van der Waals surface area contributed by atoms with Crippen LogP contribution in [0.15, 0.2) is 48.6 Å². The molecule has 0 bridgehead atoms. The van der Waals surface area contributed by atoms with Gasteiger partial charge >= 0.3 is 0 Å². The Bertz CT molecular complexity index is 728. The number of rotatable bonds is 4. The number of carbonyl (C=O) groups is 1. The highest BCUT2D eigenvalue weighted by Gasteiger charge is 2.43. The first kappa shape index (κ1) is 16.9. The van der Waals surface area contributed by atoms with Crippen LogP contribution in [-0.4, -0.2) is 29.5 Å². The van der Waals surface area contributed by atoms with E-state index >= 15 is 0 Å². The molecule has 4 atom stereocenters. The second-order valence-corrected chi connectivity index (χ2v) is 7.85. The highest BCUT2D eigenvalue weighted by Crippen LogP contribution is 2.42. The number of aryl methyl sites for hydroxylation is 1. The van der Waals surface area contributed by atoms with Gasteiger partial charge in [0.2, 0.25) is 5.91 Å². The zero-order valence-electron chi connectivity index (χ0n) is 14.5. The van der Waals surface area contributed by atoms with Gasteiger partial charge < -0.3 is 9.64 Å². The molecule has 4 rings (SSSR count). The highest BCUT2D eigenvalue weighted by atomic mass is 35.5. The van der Waals surface area contributed by atoms with Crippen molar-refractivity contribution < 1.29 is 9.53 Å². The Kier molecular flexibility index (Phi) is 4.47. The second-order valence-electron chi connectivity index (χ2n) is 7.26. The predicted octanol–water partition coefficient (Wildman–Crippen LogP) is 4.24. The Balaban J connectivity index is 1.48. The topological polar surface area (TPSA) is 29.5 Å². The van der Waals surface area contributed by atoms with Gasteiger partial charge in [-0.05, 0) is 42.9 Å². The number of ether oxygens (including phenoxy) is 1. The number of hydrogen-bond donors (Lipinski definition) is 0. The van der Waals surface area contributed by atoms with E-state index in [1.165, 1.54) is 11.1 Å². The van der Waals surface area contributed by atoms with Crippen molar-refractivity contribution >= 4 is 17.5 Å². The summed E-state index contributed by atoms with van der Waals surface area (Å²) >= 11 is 6.60. The van der Waals surface area contributed by atoms with Crippen molar-refractivity contribution in [3.8, 4) is 0 Å². The van der Waals surface area contributed by atoms with E-state index in [0.717, 1.165) is 32.2 Å². The maximum Gasteiger partial charge on any atom is 0.226 e. The Morgan fingerprint density at radius 1 is 1.28 bits per heavy atom. The molecule has 0 radical (unpaired) electrons. The van der Waals surface area contributed by atoms with Gasteiger partial charge in [-0.2, -0.15) is 0 Å². The first-order chi connectivity index (χ1) is 12.1. The number of allylic oxidation sites excluding steroid dienone is 2. The standard InChI is InChI=1S/C21H24ClNO2/c1-25-21(22)12-5-4-7-17(21)14-16-11-13-23(20(16)24)19-10-9-15-6-2-3-8-18(15)19/h2-8,12,16-17,19H,9-11,13-14H2,1H3. The normalized spacial score (nSPS) is 33.9. The van der Waals surface area contributed by atoms with Gasteiger partial charge in [0.05, 0.1) is 6.04 Å². The number of alkyl halides is 1. The predicted molar refractivity (Wildman–Crippen MR) is 99.3 cm³/mol. The minimum Gasteiger partial charge on any atom is -0.359 e. The van der Waals surface area contributed by atoms with Crippen molar-refractivity contribution in [3.63, 3.8) is 0 Å². The summed E-state index contributed by atoms with van der Waals surface area (Å²) in [7, 11) is 1.63. The third-order valence-corrected chi connectivity index (χ3v) is 6.52. The monoisotopic (exact) mass is 357 g/mol. The van der Waals surface area contributed by atoms with E-state index in [0.29, 0.717) is 0 Å². The smallest absolute Gasteiger partial charge is 0.226 e. The molecule has 2 aliphatic carbocycles. The number of fused-ring (bicyclic) bond motifs is 1. The lowest BCUT2D eigenvalue weighted by molar-refractivity contribution is -0.133. The molecule has 1 fully saturated rings. The van der Waals surface area contributed by atoms with E-state index in [-0.39, 0.29) is 23.8 Å². The third kappa shape index (κ3) is 2.94. The number of hydrogen-bond acceptors (Lipinski definition) is 2. The summed E-state index contributed by atoms with van der Waals surface area (Å²) < 4.78 is 5.51. The zero-order chi connectivity index (χ0) is 17.4. The van der Waals surface area contributed by atoms with Crippen molar-refractivity contribution in [1.82, 2.24) is 4.90 Å². The molecular weight excluding hydrogens is 334 g/mol. The van der Waals surface area contributed by atoms with Crippen molar-refractivity contribution in [1.29, 1.82) is 0 Å². The van der Waals surface area contributed by atoms with Crippen molar-refractivity contribution in [2.45, 2.75) is 36.8 Å². The lowest BCUT2D eigenvalue weighted by atomic mass is 9.86. The van der Waals surface area contributed by atoms with Gasteiger partial charge in [0.1, 0.15) is 0 Å². The van der Waals surface area contributed by atoms with Crippen LogP contribution in [0.25, 0.3) is 0 Å². The van der Waals surface area contributed by atoms with Crippen LogP contribution in [0, 0.1) is 11.8 Å². The number of methoxy groups -OCH3 is 1. The molecule has 1 aliphatic heterocycles. The van der Waals surface area contributed by atoms with E-state index in [9.17, 15) is 4.79 Å². The fraction of sp³-hybridized carbons (Fsp3) is 0.476. The molecule has 0 saturated carbocycles. The summed E-state index contributed by atoms with van der Waals surface area (Å²) in [5.74, 6) is 0.330. The molecule has 1 heterocycles. The van der Waals surface area contributed by atoms with Crippen LogP contribution in [-0.2, 0) is 16.0 Å². The Morgan fingerprint density at radius 3 is 2.96 bits per heavy atom. The van der Waals surface area contributed by atoms with Crippen LogP contribution in [0.2, 0.25) is 0 Å². The van der Waals surface area contributed by atoms with Crippen LogP contribution in [0.5, 0.6) is 0 Å². The molecule has 4 unspecified atom stereocenters. The van der Waals surface area contributed by atoms with Gasteiger partial charge in [0, 0.05) is 25.5 Å². The minimum atomic E-state index is -0.831. The van der Waals surface area contributed by atoms with Crippen LogP contribution >= 0.6 is 11.6 Å². The van der Waals surface area contributed by atoms with Crippen molar-refractivity contribution in [2.75, 3.05) is 13.7 Å². The zero-order valence-corrected chi connectivity index (χ0v) is 15.3. The van der Waals surface area contributed by atoms with Gasteiger partial charge in [0.25, 0.3) is 0 Å². The molecule has 3 aliphatic rings. The van der Waals surface area contributed by atoms with Gasteiger partial charge in [-0.1, -0.05) is 54.1 Å². The summed E-state index contributed by atoms with van der Waals surface area (Å²) in [6.45, 7) is 0.844. The molecule has 1 amide bonds. The number of carbonyl (C=O) groups excluding carboxylic acids is 1. The molecule has 0 aromatic heterocycles. The largest absolute Gasteiger partial charge is 0.359 e. The van der Waals surface area contributed by atoms with Crippen LogP contribution < -0.4 is 0 Å². The third-order valence-electron chi connectivity index (χ3n) is 5.96. The Hall–Kier alpha value is -1.58. The van der Waals surface area contributed by atoms with Crippen molar-refractivity contribution in [3.05, 3.63) is 59.7 Å². The van der Waals surface area contributed by atoms with Crippen LogP contribution in [0.1, 0.15) is 36.4 Å². The van der Waals surface area contributed by atoms with Gasteiger partial charge in [0.15, 0.2) is 5.06 Å². The van der Waals surface area contributed by atoms with Gasteiger partial charge in [-0.15, -0.1) is 0 Å². The molecule has 25 heavy (non-hydrogen) atoms. The van der Waals surface area contributed by atoms with Gasteiger partial charge in [-0.25, -0.2) is 0 Å². The second kappa shape index (κ2) is 6.62. The summed E-state index contributed by atoms with van der Waals surface area (Å²) in [6, 6.07) is 8.78. The van der Waals surface area contributed by atoms with E-state index < -0.39 is 5.06 Å². The fourth-order valence-electron chi connectivity index (χ4n) is 4.55. The summed E-state index contributed by atoms with van der Waals surface area (Å²) in [6.07, 6.45) is 11.6. The molecule has 1 saturated heterocycles.